The summed E-state index contributed by atoms with van der Waals surface area (Å²) < 4.78 is 32.7. The quantitative estimate of drug-likeness (QED) is 0.704. The minimum absolute atomic E-state index is 0.181. The van der Waals surface area contributed by atoms with Crippen molar-refractivity contribution in [2.24, 2.45) is 0 Å². The van der Waals surface area contributed by atoms with Crippen molar-refractivity contribution in [3.63, 3.8) is 0 Å². The van der Waals surface area contributed by atoms with E-state index in [-0.39, 0.29) is 10.6 Å². The summed E-state index contributed by atoms with van der Waals surface area (Å²) in [5.74, 6) is 0.774. The van der Waals surface area contributed by atoms with Crippen LogP contribution in [0, 0.1) is 0 Å². The predicted octanol–water partition coefficient (Wildman–Crippen LogP) is 1.38. The van der Waals surface area contributed by atoms with Crippen molar-refractivity contribution in [1.29, 1.82) is 0 Å². The van der Waals surface area contributed by atoms with E-state index in [9.17, 15) is 13.2 Å². The minimum atomic E-state index is -3.62. The molecule has 2 aromatic carbocycles. The van der Waals surface area contributed by atoms with Gasteiger partial charge in [0.15, 0.2) is 0 Å². The smallest absolute Gasteiger partial charge is 0.323 e. The maximum Gasteiger partial charge on any atom is 0.323 e. The molecular weight excluding hydrogens is 368 g/mol. The fourth-order valence-electron chi connectivity index (χ4n) is 3.32. The third-order valence-corrected chi connectivity index (χ3v) is 6.68. The number of fused-ring (bicyclic) bond motifs is 1. The van der Waals surface area contributed by atoms with Gasteiger partial charge in [-0.05, 0) is 30.3 Å². The number of hydrogen-bond acceptors (Lipinski definition) is 5. The second kappa shape index (κ2) is 6.75. The predicted molar refractivity (Wildman–Crippen MR) is 103 cm³/mol. The molecule has 8 nitrogen and oxygen atoms in total. The number of ether oxygens (including phenoxy) is 1. The zero-order valence-electron chi connectivity index (χ0n) is 14.8. The Morgan fingerprint density at radius 2 is 1.70 bits per heavy atom. The topological polar surface area (TPSA) is 98.5 Å². The molecule has 27 heavy (non-hydrogen) atoms. The lowest BCUT2D eigenvalue weighted by Crippen LogP contribution is -2.48. The van der Waals surface area contributed by atoms with Gasteiger partial charge in [0.1, 0.15) is 5.75 Å². The van der Waals surface area contributed by atoms with Crippen molar-refractivity contribution in [2.45, 2.75) is 4.90 Å². The van der Waals surface area contributed by atoms with Crippen LogP contribution in [0.3, 0.4) is 0 Å². The van der Waals surface area contributed by atoms with Crippen LogP contribution in [0.1, 0.15) is 0 Å². The maximum atomic E-state index is 13.0. The van der Waals surface area contributed by atoms with Crippen LogP contribution in [0.4, 0.5) is 5.69 Å². The molecule has 1 fully saturated rings. The van der Waals surface area contributed by atoms with Crippen LogP contribution >= 0.6 is 0 Å². The molecule has 1 saturated heterocycles. The van der Waals surface area contributed by atoms with Crippen molar-refractivity contribution in [2.75, 3.05) is 38.2 Å². The van der Waals surface area contributed by atoms with Gasteiger partial charge in [0.05, 0.1) is 23.0 Å². The number of benzene rings is 2. The molecule has 1 aliphatic heterocycles. The average molecular weight is 388 g/mol. The number of aromatic amines is 2. The second-order valence-corrected chi connectivity index (χ2v) is 8.32. The van der Waals surface area contributed by atoms with Crippen molar-refractivity contribution in [3.05, 3.63) is 52.9 Å². The maximum absolute atomic E-state index is 13.0. The Hall–Kier alpha value is -2.78. The van der Waals surface area contributed by atoms with E-state index >= 15 is 0 Å². The van der Waals surface area contributed by atoms with Crippen LogP contribution in [0.15, 0.2) is 52.2 Å². The molecule has 3 aromatic rings. The lowest BCUT2D eigenvalue weighted by atomic mass is 10.2. The molecular formula is C18H20N4O4S. The first-order chi connectivity index (χ1) is 13.0. The van der Waals surface area contributed by atoms with Gasteiger partial charge in [0, 0.05) is 37.9 Å². The molecule has 0 spiro atoms. The second-order valence-electron chi connectivity index (χ2n) is 6.38. The number of aromatic nitrogens is 2. The number of piperazine rings is 1. The Labute approximate surface area is 156 Å². The van der Waals surface area contributed by atoms with Crippen LogP contribution in [0.5, 0.6) is 5.75 Å². The van der Waals surface area contributed by atoms with E-state index in [0.717, 1.165) is 11.4 Å². The number of hydrogen-bond donors (Lipinski definition) is 2. The fraction of sp³-hybridized carbons (Fsp3) is 0.278. The highest BCUT2D eigenvalue weighted by atomic mass is 32.2. The van der Waals surface area contributed by atoms with Crippen molar-refractivity contribution in [1.82, 2.24) is 14.3 Å². The van der Waals surface area contributed by atoms with Gasteiger partial charge < -0.3 is 19.6 Å². The van der Waals surface area contributed by atoms with Gasteiger partial charge in [-0.25, -0.2) is 13.2 Å². The van der Waals surface area contributed by atoms with E-state index in [1.807, 2.05) is 24.3 Å². The van der Waals surface area contributed by atoms with Crippen LogP contribution in [0.25, 0.3) is 11.0 Å². The van der Waals surface area contributed by atoms with Crippen molar-refractivity contribution in [3.8, 4) is 5.75 Å². The summed E-state index contributed by atoms with van der Waals surface area (Å²) in [6.45, 7) is 1.97. The van der Waals surface area contributed by atoms with E-state index in [1.165, 1.54) is 16.4 Å². The van der Waals surface area contributed by atoms with Crippen LogP contribution in [-0.2, 0) is 10.0 Å². The van der Waals surface area contributed by atoms with Gasteiger partial charge in [-0.3, -0.25) is 0 Å². The summed E-state index contributed by atoms with van der Waals surface area (Å²) in [7, 11) is -1.99. The number of rotatable bonds is 4. The third kappa shape index (κ3) is 3.31. The van der Waals surface area contributed by atoms with Gasteiger partial charge in [-0.15, -0.1) is 0 Å². The zero-order chi connectivity index (χ0) is 19.0. The monoisotopic (exact) mass is 388 g/mol. The Bertz CT molecular complexity index is 1130. The first-order valence-electron chi connectivity index (χ1n) is 8.58. The fourth-order valence-corrected chi connectivity index (χ4v) is 4.76. The van der Waals surface area contributed by atoms with E-state index < -0.39 is 10.0 Å². The van der Waals surface area contributed by atoms with E-state index in [0.29, 0.717) is 37.2 Å². The lowest BCUT2D eigenvalue weighted by Gasteiger charge is -2.35. The molecule has 0 saturated carbocycles. The molecule has 0 radical (unpaired) electrons. The summed E-state index contributed by atoms with van der Waals surface area (Å²) in [6, 6.07) is 12.4. The number of imidazole rings is 1. The van der Waals surface area contributed by atoms with Crippen LogP contribution in [0.2, 0.25) is 0 Å². The Kier molecular flexibility index (Phi) is 4.40. The molecule has 0 aliphatic carbocycles. The Morgan fingerprint density at radius 1 is 0.963 bits per heavy atom. The molecule has 1 aromatic heterocycles. The van der Waals surface area contributed by atoms with Gasteiger partial charge >= 0.3 is 5.69 Å². The average Bonchev–Trinajstić information content (AvgIpc) is 3.07. The summed E-state index contributed by atoms with van der Waals surface area (Å²) in [6.07, 6.45) is 0. The molecule has 0 unspecified atom stereocenters. The molecule has 4 rings (SSSR count). The van der Waals surface area contributed by atoms with Gasteiger partial charge in [0.2, 0.25) is 10.0 Å². The van der Waals surface area contributed by atoms with Gasteiger partial charge in [-0.1, -0.05) is 6.07 Å². The standard InChI is InChI=1S/C18H20N4O4S/c1-26-14-4-2-3-13(11-14)21-7-9-22(10-8-21)27(24,25)15-5-6-16-17(12-15)20-18(23)19-16/h2-6,11-12H,7-10H2,1H3,(H2,19,20,23). The van der Waals surface area contributed by atoms with Crippen molar-refractivity contribution >= 4 is 26.7 Å². The van der Waals surface area contributed by atoms with E-state index in [2.05, 4.69) is 14.9 Å². The SMILES string of the molecule is COc1cccc(N2CCN(S(=O)(=O)c3ccc4[nH]c(=O)[nH]c4c3)CC2)c1. The Balaban J connectivity index is 1.52. The van der Waals surface area contributed by atoms with Crippen molar-refractivity contribution < 1.29 is 13.2 Å². The summed E-state index contributed by atoms with van der Waals surface area (Å²) in [5.41, 5.74) is 1.72. The molecule has 0 bridgehead atoms. The first-order valence-corrected chi connectivity index (χ1v) is 10.0. The van der Waals surface area contributed by atoms with Crippen LogP contribution in [-0.4, -0.2) is 56.0 Å². The van der Waals surface area contributed by atoms with E-state index in [4.69, 9.17) is 4.74 Å². The summed E-state index contributed by atoms with van der Waals surface area (Å²) >= 11 is 0. The largest absolute Gasteiger partial charge is 0.497 e. The Morgan fingerprint density at radius 3 is 2.44 bits per heavy atom. The number of anilines is 1. The molecule has 2 heterocycles. The highest BCUT2D eigenvalue weighted by Crippen LogP contribution is 2.25. The molecule has 142 valence electrons. The third-order valence-electron chi connectivity index (χ3n) is 4.78. The van der Waals surface area contributed by atoms with Gasteiger partial charge in [0.25, 0.3) is 0 Å². The lowest BCUT2D eigenvalue weighted by molar-refractivity contribution is 0.384. The minimum Gasteiger partial charge on any atom is -0.497 e. The highest BCUT2D eigenvalue weighted by Gasteiger charge is 2.29. The molecule has 2 N–H and O–H groups in total. The number of methoxy groups -OCH3 is 1. The molecule has 1 aliphatic rings. The highest BCUT2D eigenvalue weighted by molar-refractivity contribution is 7.89. The molecule has 9 heteroatoms. The molecule has 0 amide bonds. The summed E-state index contributed by atoms with van der Waals surface area (Å²) in [5, 5.41) is 0. The first kappa shape index (κ1) is 17.6. The number of H-pyrrole nitrogens is 2. The number of nitrogens with zero attached hydrogens (tertiary/aromatic N) is 2. The number of nitrogens with one attached hydrogen (secondary N) is 2. The summed E-state index contributed by atoms with van der Waals surface area (Å²) in [4.78, 5) is 18.9. The zero-order valence-corrected chi connectivity index (χ0v) is 15.6. The van der Waals surface area contributed by atoms with E-state index in [1.54, 1.807) is 13.2 Å². The number of sulfonamides is 1. The normalized spacial score (nSPS) is 16.0. The molecule has 0 atom stereocenters. The van der Waals surface area contributed by atoms with Gasteiger partial charge in [-0.2, -0.15) is 4.31 Å². The van der Waals surface area contributed by atoms with Crippen LogP contribution < -0.4 is 15.3 Å².